The second-order valence-electron chi connectivity index (χ2n) is 6.16. The molecule has 10 heteroatoms. The molecule has 27 heavy (non-hydrogen) atoms. The molecule has 4 N–H and O–H groups in total. The molecule has 7 nitrogen and oxygen atoms in total. The number of alkyl halides is 3. The number of nitrogens with one attached hydrogen (secondary N) is 2. The Balaban J connectivity index is 1.93. The lowest BCUT2D eigenvalue weighted by molar-refractivity contribution is -0.138. The highest BCUT2D eigenvalue weighted by atomic mass is 19.4. The van der Waals surface area contributed by atoms with Crippen molar-refractivity contribution < 1.29 is 18.0 Å². The van der Waals surface area contributed by atoms with Gasteiger partial charge in [-0.1, -0.05) is 12.1 Å². The highest BCUT2D eigenvalue weighted by Crippen LogP contribution is 2.32. The summed E-state index contributed by atoms with van der Waals surface area (Å²) in [6.45, 7) is 1.33. The highest BCUT2D eigenvalue weighted by Gasteiger charge is 2.36. The van der Waals surface area contributed by atoms with E-state index in [1.807, 2.05) is 0 Å². The standard InChI is InChI=1S/C17H16F3N5O2/c1-16(15(21)27,10-3-2-4-11(7-10)17(18,19)20)22-9-12-8-14(26)25-13(24-12)5-6-23-25/h2-8,22-23H,9H2,1H3,(H2,21,27). The van der Waals surface area contributed by atoms with Gasteiger partial charge in [-0.15, -0.1) is 0 Å². The van der Waals surface area contributed by atoms with Crippen molar-refractivity contribution in [3.8, 4) is 0 Å². The number of benzene rings is 1. The van der Waals surface area contributed by atoms with E-state index in [-0.39, 0.29) is 17.7 Å². The van der Waals surface area contributed by atoms with Gasteiger partial charge in [-0.2, -0.15) is 13.2 Å². The molecule has 1 atom stereocenters. The summed E-state index contributed by atoms with van der Waals surface area (Å²) >= 11 is 0. The van der Waals surface area contributed by atoms with Crippen LogP contribution in [-0.2, 0) is 23.1 Å². The van der Waals surface area contributed by atoms with Gasteiger partial charge in [-0.25, -0.2) is 9.50 Å². The largest absolute Gasteiger partial charge is 0.416 e. The van der Waals surface area contributed by atoms with Crippen molar-refractivity contribution in [3.05, 3.63) is 69.8 Å². The first-order valence-electron chi connectivity index (χ1n) is 7.90. The van der Waals surface area contributed by atoms with Gasteiger partial charge < -0.3 is 5.73 Å². The number of fused-ring (bicyclic) bond motifs is 1. The molecule has 0 fully saturated rings. The molecule has 2 aromatic heterocycles. The number of amides is 1. The van der Waals surface area contributed by atoms with E-state index in [4.69, 9.17) is 5.73 Å². The van der Waals surface area contributed by atoms with Crippen molar-refractivity contribution in [1.29, 1.82) is 0 Å². The van der Waals surface area contributed by atoms with Crippen molar-refractivity contribution in [2.24, 2.45) is 5.73 Å². The summed E-state index contributed by atoms with van der Waals surface area (Å²) in [4.78, 5) is 28.3. The van der Waals surface area contributed by atoms with Crippen LogP contribution in [-0.4, -0.2) is 20.5 Å². The van der Waals surface area contributed by atoms with Gasteiger partial charge in [0.25, 0.3) is 5.56 Å². The number of H-pyrrole nitrogens is 1. The molecule has 1 aromatic carbocycles. The van der Waals surface area contributed by atoms with Crippen LogP contribution in [0.15, 0.2) is 47.4 Å². The van der Waals surface area contributed by atoms with Crippen LogP contribution >= 0.6 is 0 Å². The van der Waals surface area contributed by atoms with E-state index >= 15 is 0 Å². The van der Waals surface area contributed by atoms with Gasteiger partial charge in [-0.05, 0) is 24.6 Å². The number of hydrogen-bond acceptors (Lipinski definition) is 4. The van der Waals surface area contributed by atoms with E-state index in [9.17, 15) is 22.8 Å². The van der Waals surface area contributed by atoms with E-state index in [2.05, 4.69) is 15.4 Å². The van der Waals surface area contributed by atoms with E-state index < -0.39 is 23.2 Å². The summed E-state index contributed by atoms with van der Waals surface area (Å²) in [5.74, 6) is -0.860. The first kappa shape index (κ1) is 18.6. The minimum Gasteiger partial charge on any atom is -0.368 e. The molecule has 2 heterocycles. The Hall–Kier alpha value is -3.14. The lowest BCUT2D eigenvalue weighted by atomic mass is 9.89. The number of aromatic amines is 1. The molecule has 1 unspecified atom stereocenters. The van der Waals surface area contributed by atoms with Crippen LogP contribution in [0.25, 0.3) is 5.65 Å². The van der Waals surface area contributed by atoms with Crippen molar-refractivity contribution in [2.45, 2.75) is 25.2 Å². The molecule has 3 rings (SSSR count). The zero-order chi connectivity index (χ0) is 19.8. The molecule has 0 bridgehead atoms. The average molecular weight is 379 g/mol. The maximum absolute atomic E-state index is 13.0. The molecule has 1 amide bonds. The fraction of sp³-hybridized carbons (Fsp3) is 0.235. The van der Waals surface area contributed by atoms with Crippen LogP contribution in [0, 0.1) is 0 Å². The Kier molecular flexibility index (Phi) is 4.52. The maximum atomic E-state index is 13.0. The predicted octanol–water partition coefficient (Wildman–Crippen LogP) is 1.53. The Bertz CT molecular complexity index is 1060. The van der Waals surface area contributed by atoms with Crippen molar-refractivity contribution in [3.63, 3.8) is 0 Å². The Morgan fingerprint density at radius 2 is 1.96 bits per heavy atom. The number of hydrogen-bond donors (Lipinski definition) is 3. The molecule has 142 valence electrons. The lowest BCUT2D eigenvalue weighted by Gasteiger charge is -2.28. The minimum absolute atomic E-state index is 0.0490. The van der Waals surface area contributed by atoms with Gasteiger partial charge in [0, 0.05) is 24.9 Å². The summed E-state index contributed by atoms with van der Waals surface area (Å²) in [6.07, 6.45) is -3.01. The second kappa shape index (κ2) is 6.54. The van der Waals surface area contributed by atoms with Gasteiger partial charge in [0.2, 0.25) is 5.91 Å². The van der Waals surface area contributed by atoms with Crippen LogP contribution in [0.3, 0.4) is 0 Å². The average Bonchev–Trinajstić information content (AvgIpc) is 3.08. The number of nitrogens with zero attached hydrogens (tertiary/aromatic N) is 2. The number of carbonyl (C=O) groups is 1. The Labute approximate surface area is 151 Å². The van der Waals surface area contributed by atoms with E-state index in [1.165, 1.54) is 35.8 Å². The number of aromatic nitrogens is 3. The Morgan fingerprint density at radius 1 is 1.26 bits per heavy atom. The molecule has 3 aromatic rings. The van der Waals surface area contributed by atoms with Gasteiger partial charge in [0.15, 0.2) is 5.65 Å². The first-order valence-corrected chi connectivity index (χ1v) is 7.90. The van der Waals surface area contributed by atoms with Crippen molar-refractivity contribution in [2.75, 3.05) is 0 Å². The van der Waals surface area contributed by atoms with Gasteiger partial charge in [0.1, 0.15) is 5.54 Å². The smallest absolute Gasteiger partial charge is 0.368 e. The van der Waals surface area contributed by atoms with Crippen LogP contribution in [0.4, 0.5) is 13.2 Å². The van der Waals surface area contributed by atoms with E-state index in [0.29, 0.717) is 11.3 Å². The topological polar surface area (TPSA) is 105 Å². The van der Waals surface area contributed by atoms with Crippen LogP contribution in [0.2, 0.25) is 0 Å². The SMILES string of the molecule is CC(NCc1cc(=O)n2[nH]ccc2n1)(C(N)=O)c1cccc(C(F)(F)F)c1. The molecule has 0 aliphatic carbocycles. The molecule has 0 saturated carbocycles. The molecule has 0 aliphatic heterocycles. The summed E-state index contributed by atoms with van der Waals surface area (Å²) in [6, 6.07) is 7.21. The first-order chi connectivity index (χ1) is 12.6. The zero-order valence-corrected chi connectivity index (χ0v) is 14.2. The van der Waals surface area contributed by atoms with E-state index in [1.54, 1.807) is 6.07 Å². The molecular weight excluding hydrogens is 363 g/mol. The van der Waals surface area contributed by atoms with E-state index in [0.717, 1.165) is 12.1 Å². The molecule has 0 spiro atoms. The van der Waals surface area contributed by atoms with Crippen LogP contribution in [0.1, 0.15) is 23.7 Å². The maximum Gasteiger partial charge on any atom is 0.416 e. The third-order valence-corrected chi connectivity index (χ3v) is 4.32. The lowest BCUT2D eigenvalue weighted by Crippen LogP contribution is -2.50. The fourth-order valence-electron chi connectivity index (χ4n) is 2.67. The predicted molar refractivity (Wildman–Crippen MR) is 90.6 cm³/mol. The summed E-state index contributed by atoms with van der Waals surface area (Å²) < 4.78 is 40.2. The fourth-order valence-corrected chi connectivity index (χ4v) is 2.67. The highest BCUT2D eigenvalue weighted by molar-refractivity contribution is 5.85. The normalized spacial score (nSPS) is 14.2. The van der Waals surface area contributed by atoms with Gasteiger partial charge >= 0.3 is 6.18 Å². The zero-order valence-electron chi connectivity index (χ0n) is 14.2. The van der Waals surface area contributed by atoms with Crippen molar-refractivity contribution in [1.82, 2.24) is 19.9 Å². The number of rotatable bonds is 5. The molecule has 0 aliphatic rings. The monoisotopic (exact) mass is 379 g/mol. The van der Waals surface area contributed by atoms with Crippen LogP contribution < -0.4 is 16.6 Å². The molecular formula is C17H16F3N5O2. The molecule has 0 saturated heterocycles. The number of carbonyl (C=O) groups excluding carboxylic acids is 1. The summed E-state index contributed by atoms with van der Waals surface area (Å²) in [5, 5.41) is 5.52. The molecule has 0 radical (unpaired) electrons. The summed E-state index contributed by atoms with van der Waals surface area (Å²) in [7, 11) is 0. The quantitative estimate of drug-likeness (QED) is 0.625. The number of halogens is 3. The van der Waals surface area contributed by atoms with Gasteiger partial charge in [-0.3, -0.25) is 20.0 Å². The summed E-state index contributed by atoms with van der Waals surface area (Å²) in [5.41, 5.74) is 3.37. The minimum atomic E-state index is -4.55. The van der Waals surface area contributed by atoms with Crippen molar-refractivity contribution >= 4 is 11.6 Å². The van der Waals surface area contributed by atoms with Gasteiger partial charge in [0.05, 0.1) is 11.3 Å². The van der Waals surface area contributed by atoms with Crippen LogP contribution in [0.5, 0.6) is 0 Å². The second-order valence-corrected chi connectivity index (χ2v) is 6.16. The third kappa shape index (κ3) is 3.56. The number of primary amides is 1. The number of nitrogens with two attached hydrogens (primary N) is 1. The third-order valence-electron chi connectivity index (χ3n) is 4.32. The Morgan fingerprint density at radius 3 is 2.63 bits per heavy atom.